The zero-order valence-electron chi connectivity index (χ0n) is 14.9. The van der Waals surface area contributed by atoms with E-state index < -0.39 is 23.3 Å². The number of amides is 1. The summed E-state index contributed by atoms with van der Waals surface area (Å²) in [5, 5.41) is 0.612. The smallest absolute Gasteiger partial charge is 0.210 e. The van der Waals surface area contributed by atoms with Crippen molar-refractivity contribution >= 4 is 17.3 Å². The second-order valence-electron chi connectivity index (χ2n) is 7.28. The van der Waals surface area contributed by atoms with Crippen LogP contribution in [-0.2, 0) is 4.79 Å². The van der Waals surface area contributed by atoms with Gasteiger partial charge in [-0.05, 0) is 37.6 Å². The van der Waals surface area contributed by atoms with Crippen LogP contribution in [0.3, 0.4) is 0 Å². The van der Waals surface area contributed by atoms with E-state index in [1.54, 1.807) is 49.1 Å². The minimum absolute atomic E-state index is 0.121. The molecule has 0 saturated carbocycles. The molecule has 2 aromatic carbocycles. The molecular weight excluding hydrogens is 350 g/mol. The Labute approximate surface area is 155 Å². The molecule has 1 unspecified atom stereocenters. The van der Waals surface area contributed by atoms with E-state index in [0.717, 1.165) is 6.41 Å². The first kappa shape index (κ1) is 17.4. The summed E-state index contributed by atoms with van der Waals surface area (Å²) in [6, 6.07) is 10.5. The molecule has 1 aromatic heterocycles. The molecule has 4 nitrogen and oxygen atoms in total. The van der Waals surface area contributed by atoms with Crippen molar-refractivity contribution in [2.45, 2.75) is 25.5 Å². The third-order valence-corrected chi connectivity index (χ3v) is 4.70. The average Bonchev–Trinajstić information content (AvgIpc) is 2.75. The number of aromatic nitrogens is 1. The molecule has 0 bridgehead atoms. The van der Waals surface area contributed by atoms with Crippen LogP contribution in [0.4, 0.5) is 8.78 Å². The molecule has 1 aliphatic rings. The van der Waals surface area contributed by atoms with Crippen molar-refractivity contribution in [3.63, 3.8) is 0 Å². The maximum absolute atomic E-state index is 14.5. The minimum Gasteiger partial charge on any atom is -0.483 e. The van der Waals surface area contributed by atoms with E-state index in [-0.39, 0.29) is 17.8 Å². The van der Waals surface area contributed by atoms with E-state index in [4.69, 9.17) is 4.74 Å². The molecule has 0 N–H and O–H groups in total. The van der Waals surface area contributed by atoms with Gasteiger partial charge in [-0.1, -0.05) is 24.3 Å². The molecule has 0 saturated heterocycles. The SMILES string of the molecule is CC1(C)CN(C=O)C(c2cnc3c(F)cccc3c2)c2cccc(F)c2O1. The van der Waals surface area contributed by atoms with Crippen LogP contribution in [0.25, 0.3) is 10.9 Å². The first-order chi connectivity index (χ1) is 12.9. The number of halogens is 2. The molecule has 0 spiro atoms. The van der Waals surface area contributed by atoms with Crippen LogP contribution in [-0.4, -0.2) is 28.4 Å². The van der Waals surface area contributed by atoms with Gasteiger partial charge in [0.15, 0.2) is 11.6 Å². The van der Waals surface area contributed by atoms with Gasteiger partial charge >= 0.3 is 0 Å². The summed E-state index contributed by atoms with van der Waals surface area (Å²) in [5.41, 5.74) is 0.672. The fourth-order valence-electron chi connectivity index (χ4n) is 3.63. The number of benzene rings is 2. The van der Waals surface area contributed by atoms with Gasteiger partial charge < -0.3 is 9.64 Å². The molecule has 27 heavy (non-hydrogen) atoms. The van der Waals surface area contributed by atoms with Crippen LogP contribution in [0, 0.1) is 11.6 Å². The van der Waals surface area contributed by atoms with Crippen LogP contribution in [0.5, 0.6) is 5.75 Å². The number of carbonyl (C=O) groups excluding carboxylic acids is 1. The lowest BCUT2D eigenvalue weighted by molar-refractivity contribution is -0.121. The number of rotatable bonds is 2. The van der Waals surface area contributed by atoms with Gasteiger partial charge in [0, 0.05) is 17.1 Å². The van der Waals surface area contributed by atoms with Gasteiger partial charge in [0.05, 0.1) is 12.6 Å². The summed E-state index contributed by atoms with van der Waals surface area (Å²) < 4.78 is 34.4. The van der Waals surface area contributed by atoms with Crippen molar-refractivity contribution in [2.24, 2.45) is 0 Å². The van der Waals surface area contributed by atoms with Crippen LogP contribution >= 0.6 is 0 Å². The second kappa shape index (κ2) is 6.30. The van der Waals surface area contributed by atoms with Gasteiger partial charge in [-0.25, -0.2) is 8.78 Å². The molecule has 0 radical (unpaired) electrons. The maximum atomic E-state index is 14.5. The third kappa shape index (κ3) is 3.01. The fourth-order valence-corrected chi connectivity index (χ4v) is 3.63. The number of pyridine rings is 1. The van der Waals surface area contributed by atoms with Crippen molar-refractivity contribution in [3.8, 4) is 5.75 Å². The maximum Gasteiger partial charge on any atom is 0.210 e. The molecule has 2 heterocycles. The average molecular weight is 368 g/mol. The summed E-state index contributed by atoms with van der Waals surface area (Å²) in [6.45, 7) is 3.86. The van der Waals surface area contributed by atoms with Crippen molar-refractivity contribution in [2.75, 3.05) is 6.54 Å². The predicted octanol–water partition coefficient (Wildman–Crippen LogP) is 4.23. The van der Waals surface area contributed by atoms with Gasteiger partial charge in [0.1, 0.15) is 16.9 Å². The van der Waals surface area contributed by atoms with Crippen molar-refractivity contribution in [1.29, 1.82) is 0 Å². The molecule has 1 aliphatic heterocycles. The number of nitrogens with zero attached hydrogens (tertiary/aromatic N) is 2. The number of ether oxygens (including phenoxy) is 1. The summed E-state index contributed by atoms with van der Waals surface area (Å²) >= 11 is 0. The third-order valence-electron chi connectivity index (χ3n) is 4.70. The molecule has 3 aromatic rings. The molecule has 0 fully saturated rings. The summed E-state index contributed by atoms with van der Waals surface area (Å²) in [5.74, 6) is -0.780. The zero-order chi connectivity index (χ0) is 19.2. The summed E-state index contributed by atoms with van der Waals surface area (Å²) in [6.07, 6.45) is 2.26. The largest absolute Gasteiger partial charge is 0.483 e. The van der Waals surface area contributed by atoms with Crippen molar-refractivity contribution in [1.82, 2.24) is 9.88 Å². The molecule has 1 amide bonds. The van der Waals surface area contributed by atoms with Crippen LogP contribution < -0.4 is 4.74 Å². The molecule has 138 valence electrons. The van der Waals surface area contributed by atoms with Gasteiger partial charge in [-0.2, -0.15) is 0 Å². The lowest BCUT2D eigenvalue weighted by Gasteiger charge is -2.31. The van der Waals surface area contributed by atoms with E-state index >= 15 is 0 Å². The van der Waals surface area contributed by atoms with Crippen LogP contribution in [0.15, 0.2) is 48.7 Å². The monoisotopic (exact) mass is 368 g/mol. The Bertz CT molecular complexity index is 1040. The predicted molar refractivity (Wildman–Crippen MR) is 97.4 cm³/mol. The van der Waals surface area contributed by atoms with Gasteiger partial charge in [0.25, 0.3) is 0 Å². The Balaban J connectivity index is 1.95. The van der Waals surface area contributed by atoms with Crippen LogP contribution in [0.2, 0.25) is 0 Å². The zero-order valence-corrected chi connectivity index (χ0v) is 14.9. The number of fused-ring (bicyclic) bond motifs is 2. The lowest BCUT2D eigenvalue weighted by atomic mass is 9.96. The number of carbonyl (C=O) groups is 1. The normalized spacial score (nSPS) is 18.5. The van der Waals surface area contributed by atoms with E-state index in [0.29, 0.717) is 16.5 Å². The van der Waals surface area contributed by atoms with Crippen LogP contribution in [0.1, 0.15) is 31.0 Å². The number of hydrogen-bond acceptors (Lipinski definition) is 3. The van der Waals surface area contributed by atoms with E-state index in [9.17, 15) is 13.6 Å². The Morgan fingerprint density at radius 1 is 1.19 bits per heavy atom. The first-order valence-corrected chi connectivity index (χ1v) is 8.62. The van der Waals surface area contributed by atoms with Crippen molar-refractivity contribution < 1.29 is 18.3 Å². The summed E-state index contributed by atoms with van der Waals surface area (Å²) in [4.78, 5) is 17.7. The second-order valence-corrected chi connectivity index (χ2v) is 7.28. The standard InChI is InChI=1S/C21H18F2N2O2/c1-21(2)11-25(12-26)19(15-6-4-8-17(23)20(15)27-21)14-9-13-5-3-7-16(22)18(13)24-10-14/h3-10,12,19H,11H2,1-2H3. The van der Waals surface area contributed by atoms with E-state index in [2.05, 4.69) is 4.98 Å². The minimum atomic E-state index is -0.775. The Morgan fingerprint density at radius 2 is 1.93 bits per heavy atom. The molecule has 4 rings (SSSR count). The fraction of sp³-hybridized carbons (Fsp3) is 0.238. The highest BCUT2D eigenvalue weighted by Crippen LogP contribution is 2.41. The topological polar surface area (TPSA) is 42.4 Å². The number of hydrogen-bond donors (Lipinski definition) is 0. The quantitative estimate of drug-likeness (QED) is 0.636. The molecule has 0 aliphatic carbocycles. The highest BCUT2D eigenvalue weighted by molar-refractivity contribution is 5.79. The Morgan fingerprint density at radius 3 is 2.70 bits per heavy atom. The van der Waals surface area contributed by atoms with Gasteiger partial charge in [0.2, 0.25) is 6.41 Å². The Kier molecular flexibility index (Phi) is 4.06. The molecular formula is C21H18F2N2O2. The molecule has 6 heteroatoms. The summed E-state index contributed by atoms with van der Waals surface area (Å²) in [7, 11) is 0. The van der Waals surface area contributed by atoms with Gasteiger partial charge in [-0.15, -0.1) is 0 Å². The Hall–Kier alpha value is -3.02. The lowest BCUT2D eigenvalue weighted by Crippen LogP contribution is -2.41. The number of para-hydroxylation sites is 2. The highest BCUT2D eigenvalue weighted by atomic mass is 19.1. The van der Waals surface area contributed by atoms with Crippen molar-refractivity contribution in [3.05, 3.63) is 71.4 Å². The van der Waals surface area contributed by atoms with E-state index in [1.807, 2.05) is 0 Å². The highest BCUT2D eigenvalue weighted by Gasteiger charge is 2.37. The molecule has 1 atom stereocenters. The van der Waals surface area contributed by atoms with Gasteiger partial charge in [-0.3, -0.25) is 9.78 Å². The van der Waals surface area contributed by atoms with E-state index in [1.165, 1.54) is 18.3 Å². The first-order valence-electron chi connectivity index (χ1n) is 8.62.